The summed E-state index contributed by atoms with van der Waals surface area (Å²) in [5.74, 6) is 0. The molecule has 1 saturated heterocycles. The maximum absolute atomic E-state index is 3.65. The van der Waals surface area contributed by atoms with Crippen molar-refractivity contribution in [2.75, 3.05) is 0 Å². The molecule has 1 rings (SSSR count). The minimum atomic E-state index is -0.272. The first-order valence-corrected chi connectivity index (χ1v) is 9.49. The van der Waals surface area contributed by atoms with Crippen LogP contribution in [0.3, 0.4) is 0 Å². The van der Waals surface area contributed by atoms with E-state index in [1.807, 2.05) is 0 Å². The van der Waals surface area contributed by atoms with Crippen LogP contribution in [0.4, 0.5) is 0 Å². The van der Waals surface area contributed by atoms with Crippen molar-refractivity contribution in [3.05, 3.63) is 0 Å². The maximum atomic E-state index is 3.65. The molecule has 0 bridgehead atoms. The molecule has 4 heteroatoms. The second-order valence-electron chi connectivity index (χ2n) is 1.61. The monoisotopic (exact) mass is 244 g/mol. The van der Waals surface area contributed by atoms with Gasteiger partial charge < -0.3 is 0 Å². The van der Waals surface area contributed by atoms with Gasteiger partial charge in [0.1, 0.15) is 7.42 Å². The van der Waals surface area contributed by atoms with Crippen LogP contribution < -0.4 is 0 Å². The van der Waals surface area contributed by atoms with Gasteiger partial charge in [-0.05, 0) is 0 Å². The molecule has 0 aromatic heterocycles. The van der Waals surface area contributed by atoms with E-state index in [0.717, 1.165) is 4.07 Å². The second kappa shape index (κ2) is 2.11. The molecule has 0 amide bonds. The molecule has 1 heterocycles. The van der Waals surface area contributed by atoms with Gasteiger partial charge in [-0.25, -0.2) is 0 Å². The van der Waals surface area contributed by atoms with E-state index in [0.29, 0.717) is 9.52 Å². The molecule has 36 valence electrons. The van der Waals surface area contributed by atoms with Crippen molar-refractivity contribution in [3.8, 4) is 0 Å². The zero-order valence-electron chi connectivity index (χ0n) is 3.32. The van der Waals surface area contributed by atoms with E-state index >= 15 is 0 Å². The molecule has 1 aliphatic heterocycles. The van der Waals surface area contributed by atoms with Crippen LogP contribution in [0.5, 0.6) is 0 Å². The summed E-state index contributed by atoms with van der Waals surface area (Å²) in [7, 11) is 0.141. The van der Waals surface area contributed by atoms with E-state index < -0.39 is 0 Å². The summed E-state index contributed by atoms with van der Waals surface area (Å²) in [6.45, 7) is 0. The van der Waals surface area contributed by atoms with Crippen LogP contribution in [-0.2, 0) is 0 Å². The lowest BCUT2D eigenvalue weighted by molar-refractivity contribution is 1.65. The van der Waals surface area contributed by atoms with Crippen LogP contribution in [-0.4, -0.2) is 21.0 Å². The highest BCUT2D eigenvalue weighted by Crippen LogP contribution is 2.22. The standard InChI is InChI=1S/C2H6Br2Si2/c3-2-5-1-6(2)4/h2,6H,1,5H2. The fourth-order valence-electron chi connectivity index (χ4n) is 0.419. The molecule has 0 saturated carbocycles. The summed E-state index contributed by atoms with van der Waals surface area (Å²) in [5.41, 5.74) is 1.62. The zero-order valence-corrected chi connectivity index (χ0v) is 9.07. The Kier molecular flexibility index (Phi) is 1.94. The third kappa shape index (κ3) is 0.964. The van der Waals surface area contributed by atoms with Crippen molar-refractivity contribution in [1.29, 1.82) is 0 Å². The quantitative estimate of drug-likeness (QED) is 0.332. The fraction of sp³-hybridized carbons (Fsp3) is 1.00. The normalized spacial score (nSPS) is 49.0. The Morgan fingerprint density at radius 1 is 1.83 bits per heavy atom. The highest BCUT2D eigenvalue weighted by Gasteiger charge is 2.27. The van der Waals surface area contributed by atoms with Gasteiger partial charge >= 0.3 is 0 Å². The Labute approximate surface area is 57.8 Å². The lowest BCUT2D eigenvalue weighted by Gasteiger charge is -2.23. The second-order valence-corrected chi connectivity index (χ2v) is 15.0. The molecule has 0 spiro atoms. The summed E-state index contributed by atoms with van der Waals surface area (Å²) in [6, 6.07) is 0. The van der Waals surface area contributed by atoms with Crippen molar-refractivity contribution < 1.29 is 0 Å². The summed E-state index contributed by atoms with van der Waals surface area (Å²) < 4.78 is 1.04. The average molecular weight is 246 g/mol. The highest BCUT2D eigenvalue weighted by atomic mass is 79.9. The van der Waals surface area contributed by atoms with Crippen molar-refractivity contribution in [1.82, 2.24) is 0 Å². The van der Waals surface area contributed by atoms with Gasteiger partial charge in [0.2, 0.25) is 0 Å². The number of halogens is 2. The SMILES string of the molecule is BrC1[SiH2]C[SiH]1Br. The Morgan fingerprint density at radius 3 is 2.33 bits per heavy atom. The molecule has 1 aliphatic rings. The fourth-order valence-corrected chi connectivity index (χ4v) is 13.3. The van der Waals surface area contributed by atoms with Crippen LogP contribution in [0, 0.1) is 0 Å². The zero-order chi connectivity index (χ0) is 4.57. The minimum absolute atomic E-state index is 0.272. The summed E-state index contributed by atoms with van der Waals surface area (Å²) in [5, 5.41) is 0. The largest absolute Gasteiger partial charge is 0.130 e. The highest BCUT2D eigenvalue weighted by molar-refractivity contribution is 9.26. The van der Waals surface area contributed by atoms with E-state index in [1.165, 1.54) is 0 Å². The number of alkyl halides is 1. The van der Waals surface area contributed by atoms with Gasteiger partial charge in [0, 0.05) is 13.6 Å². The molecule has 0 radical (unpaired) electrons. The van der Waals surface area contributed by atoms with E-state index in [1.54, 1.807) is 5.67 Å². The predicted octanol–water partition coefficient (Wildman–Crippen LogP) is 0.505. The first-order chi connectivity index (χ1) is 2.80. The molecule has 0 aliphatic carbocycles. The molecule has 2 unspecified atom stereocenters. The number of rotatable bonds is 0. The van der Waals surface area contributed by atoms with Crippen molar-refractivity contribution >= 4 is 48.2 Å². The Hall–Kier alpha value is 1.39. The Bertz CT molecular complexity index is 49.5. The van der Waals surface area contributed by atoms with Gasteiger partial charge in [0.05, 0.1) is 0 Å². The molecule has 0 nitrogen and oxygen atoms in total. The molecule has 0 N–H and O–H groups in total. The lowest BCUT2D eigenvalue weighted by Crippen LogP contribution is -2.38. The third-order valence-electron chi connectivity index (χ3n) is 1.11. The first kappa shape index (κ1) is 5.53. The molecule has 0 aromatic rings. The van der Waals surface area contributed by atoms with E-state index in [9.17, 15) is 0 Å². The third-order valence-corrected chi connectivity index (χ3v) is 22.2. The molecule has 2 atom stereocenters. The minimum Gasteiger partial charge on any atom is -0.130 e. The van der Waals surface area contributed by atoms with Gasteiger partial charge in [0.15, 0.2) is 0 Å². The maximum Gasteiger partial charge on any atom is 0.121 e. The molecule has 0 aromatic carbocycles. The van der Waals surface area contributed by atoms with E-state index in [2.05, 4.69) is 31.2 Å². The van der Waals surface area contributed by atoms with Crippen LogP contribution in [0.15, 0.2) is 0 Å². The van der Waals surface area contributed by atoms with Crippen LogP contribution in [0.1, 0.15) is 0 Å². The van der Waals surface area contributed by atoms with E-state index in [4.69, 9.17) is 0 Å². The van der Waals surface area contributed by atoms with Gasteiger partial charge in [-0.1, -0.05) is 21.6 Å². The number of hydrogen-bond acceptors (Lipinski definition) is 0. The predicted molar refractivity (Wildman–Crippen MR) is 42.1 cm³/mol. The van der Waals surface area contributed by atoms with Gasteiger partial charge in [-0.15, -0.1) is 15.3 Å². The van der Waals surface area contributed by atoms with Crippen LogP contribution in [0.25, 0.3) is 0 Å². The number of hydrogen-bond donors (Lipinski definition) is 0. The van der Waals surface area contributed by atoms with E-state index in [-0.39, 0.29) is 7.42 Å². The first-order valence-electron chi connectivity index (χ1n) is 2.09. The smallest absolute Gasteiger partial charge is 0.121 e. The molecular weight excluding hydrogens is 240 g/mol. The Morgan fingerprint density at radius 2 is 2.33 bits per heavy atom. The molecule has 6 heavy (non-hydrogen) atoms. The lowest BCUT2D eigenvalue weighted by atomic mass is 11.8. The van der Waals surface area contributed by atoms with Gasteiger partial charge in [0.25, 0.3) is 0 Å². The summed E-state index contributed by atoms with van der Waals surface area (Å²) >= 11 is 7.25. The molecule has 1 fully saturated rings. The topological polar surface area (TPSA) is 0 Å². The molecular formula is C2H6Br2Si2. The van der Waals surface area contributed by atoms with Crippen LogP contribution in [0.2, 0.25) is 5.67 Å². The van der Waals surface area contributed by atoms with Crippen molar-refractivity contribution in [2.24, 2.45) is 0 Å². The summed E-state index contributed by atoms with van der Waals surface area (Å²) in [6.07, 6.45) is 0. The average Bonchev–Trinajstić information content (AvgIpc) is 1.61. The van der Waals surface area contributed by atoms with Gasteiger partial charge in [-0.2, -0.15) is 0 Å². The van der Waals surface area contributed by atoms with Crippen molar-refractivity contribution in [3.63, 3.8) is 0 Å². The van der Waals surface area contributed by atoms with Crippen LogP contribution >= 0.6 is 31.2 Å². The van der Waals surface area contributed by atoms with Crippen molar-refractivity contribution in [2.45, 2.75) is 9.74 Å². The van der Waals surface area contributed by atoms with Gasteiger partial charge in [-0.3, -0.25) is 0 Å². The summed E-state index contributed by atoms with van der Waals surface area (Å²) in [4.78, 5) is 0. The Balaban J connectivity index is 2.20.